The number of unbranched alkanes of at least 4 members (excludes halogenated alkanes) is 2. The molecule has 1 aliphatic rings. The zero-order valence-electron chi connectivity index (χ0n) is 24.2. The van der Waals surface area contributed by atoms with Gasteiger partial charge in [-0.1, -0.05) is 19.8 Å². The number of anilines is 1. The number of hydrogen-bond donors (Lipinski definition) is 3. The molecule has 2 heterocycles. The van der Waals surface area contributed by atoms with Gasteiger partial charge in [0.05, 0.1) is 25.6 Å². The molecule has 0 spiro atoms. The Morgan fingerprint density at radius 2 is 1.93 bits per heavy atom. The first-order chi connectivity index (χ1) is 18.9. The highest BCUT2D eigenvalue weighted by molar-refractivity contribution is 7.59. The molecule has 0 aliphatic heterocycles. The van der Waals surface area contributed by atoms with E-state index in [1.807, 2.05) is 6.92 Å². The first-order valence-electron chi connectivity index (χ1n) is 14.0. The van der Waals surface area contributed by atoms with Gasteiger partial charge in [0.2, 0.25) is 7.44 Å². The van der Waals surface area contributed by atoms with Gasteiger partial charge in [-0.05, 0) is 59.8 Å². The third-order valence-electron chi connectivity index (χ3n) is 6.72. The van der Waals surface area contributed by atoms with E-state index in [0.717, 1.165) is 44.9 Å². The maximum atomic E-state index is 14.2. The van der Waals surface area contributed by atoms with Crippen molar-refractivity contribution in [1.29, 1.82) is 0 Å². The van der Waals surface area contributed by atoms with Crippen molar-refractivity contribution in [3.8, 4) is 0 Å². The molecule has 13 nitrogen and oxygen atoms in total. The van der Waals surface area contributed by atoms with Gasteiger partial charge in [-0.25, -0.2) is 25.1 Å². The zero-order valence-corrected chi connectivity index (χ0v) is 25.1. The fourth-order valence-electron chi connectivity index (χ4n) is 4.53. The van der Waals surface area contributed by atoms with Crippen LogP contribution >= 0.6 is 7.44 Å². The first kappa shape index (κ1) is 31.9. The Morgan fingerprint density at radius 1 is 1.20 bits per heavy atom. The third-order valence-corrected chi connectivity index (χ3v) is 8.95. The molecule has 1 unspecified atom stereocenters. The molecule has 2 aromatic rings. The van der Waals surface area contributed by atoms with E-state index >= 15 is 0 Å². The number of aromatic nitrogens is 4. The molecule has 1 saturated carbocycles. The minimum Gasteiger partial charge on any atom is -0.464 e. The summed E-state index contributed by atoms with van der Waals surface area (Å²) in [6.45, 7) is 9.27. The molecule has 3 atom stereocenters. The van der Waals surface area contributed by atoms with Crippen LogP contribution in [0.3, 0.4) is 0 Å². The van der Waals surface area contributed by atoms with E-state index in [-0.39, 0.29) is 24.9 Å². The van der Waals surface area contributed by atoms with Gasteiger partial charge in [-0.3, -0.25) is 14.2 Å². The van der Waals surface area contributed by atoms with Crippen molar-refractivity contribution in [3.05, 3.63) is 12.7 Å². The van der Waals surface area contributed by atoms with E-state index < -0.39 is 37.1 Å². The predicted molar refractivity (Wildman–Crippen MR) is 151 cm³/mol. The number of nitrogen functional groups attached to an aromatic ring is 1. The second kappa shape index (κ2) is 14.3. The number of rotatable bonds is 16. The molecule has 40 heavy (non-hydrogen) atoms. The Hall–Kier alpha value is -2.60. The van der Waals surface area contributed by atoms with Gasteiger partial charge in [0.1, 0.15) is 35.9 Å². The van der Waals surface area contributed by atoms with Gasteiger partial charge < -0.3 is 24.5 Å². The van der Waals surface area contributed by atoms with Gasteiger partial charge in [0.15, 0.2) is 11.5 Å². The summed E-state index contributed by atoms with van der Waals surface area (Å²) >= 11 is 0. The molecule has 14 heteroatoms. The Balaban J connectivity index is 1.69. The summed E-state index contributed by atoms with van der Waals surface area (Å²) in [5, 5.41) is 5.81. The average molecular weight is 582 g/mol. The second-order valence-corrected chi connectivity index (χ2v) is 13.2. The van der Waals surface area contributed by atoms with Crippen LogP contribution in [0.4, 0.5) is 5.82 Å². The van der Waals surface area contributed by atoms with Crippen LogP contribution < -0.4 is 15.9 Å². The minimum absolute atomic E-state index is 0.127. The fraction of sp³-hybridized carbons (Fsp3) is 0.731. The Bertz CT molecular complexity index is 1180. The first-order valence-corrected chi connectivity index (χ1v) is 15.9. The highest BCUT2D eigenvalue weighted by Crippen LogP contribution is 2.40. The quantitative estimate of drug-likeness (QED) is 0.150. The van der Waals surface area contributed by atoms with Crippen molar-refractivity contribution in [3.63, 3.8) is 0 Å². The number of carbonyl (C=O) groups excluding carboxylic acids is 2. The lowest BCUT2D eigenvalue weighted by molar-refractivity contribution is -0.150. The van der Waals surface area contributed by atoms with Crippen molar-refractivity contribution < 1.29 is 28.4 Å². The largest absolute Gasteiger partial charge is 0.464 e. The molecule has 0 aromatic carbocycles. The van der Waals surface area contributed by atoms with Crippen LogP contribution in [-0.2, 0) is 34.9 Å². The molecule has 0 radical (unpaired) electrons. The number of hydrogen-bond acceptors (Lipinski definition) is 10. The van der Waals surface area contributed by atoms with Crippen molar-refractivity contribution in [2.24, 2.45) is 0 Å². The Kier molecular flexibility index (Phi) is 11.4. The zero-order chi connectivity index (χ0) is 29.3. The average Bonchev–Trinajstić information content (AvgIpc) is 3.56. The highest BCUT2D eigenvalue weighted by atomic mass is 31.2. The lowest BCUT2D eigenvalue weighted by atomic mass is 10.1. The molecular weight excluding hydrogens is 537 g/mol. The number of nitrogens with zero attached hydrogens (tertiary/aromatic N) is 4. The number of fused-ring (bicyclic) bond motifs is 1. The smallest absolute Gasteiger partial charge is 0.326 e. The van der Waals surface area contributed by atoms with Gasteiger partial charge in [0.25, 0.3) is 0 Å². The van der Waals surface area contributed by atoms with Crippen LogP contribution in [0.5, 0.6) is 0 Å². The molecule has 2 aromatic heterocycles. The molecule has 4 N–H and O–H groups in total. The molecule has 0 bridgehead atoms. The summed E-state index contributed by atoms with van der Waals surface area (Å²) in [5.74, 6) is -0.761. The van der Waals surface area contributed by atoms with Gasteiger partial charge in [-0.15, -0.1) is 0 Å². The fourth-order valence-corrected chi connectivity index (χ4v) is 6.92. The van der Waals surface area contributed by atoms with Crippen molar-refractivity contribution >= 4 is 36.4 Å². The van der Waals surface area contributed by atoms with E-state index in [0.29, 0.717) is 17.7 Å². The normalized spacial score (nSPS) is 17.4. The standard InChI is InChI=1S/C26H44N7O6P/c1-6-7-10-13-37-25(35)26(4,5)32-40(36,31-19(3)24(34)39-20-11-8-9-12-20)17-38-18(2)14-33-16-30-21-22(27)28-15-29-23(21)33/h15-16,18-20H,6-14,17H2,1-5H3,(H2,27,28,29)(H2,31,32,36)/t18-,19-,40?/m1/s1. The van der Waals surface area contributed by atoms with Crippen LogP contribution in [-0.4, -0.2) is 68.2 Å². The number of nitrogens with two attached hydrogens (primary N) is 1. The lowest BCUT2D eigenvalue weighted by Gasteiger charge is -2.32. The number of esters is 2. The maximum absolute atomic E-state index is 14.2. The molecular formula is C26H44N7O6P. The van der Waals surface area contributed by atoms with E-state index in [9.17, 15) is 14.2 Å². The van der Waals surface area contributed by atoms with Crippen molar-refractivity contribution in [2.45, 2.75) is 110 Å². The summed E-state index contributed by atoms with van der Waals surface area (Å²) in [5.41, 5.74) is 5.60. The predicted octanol–water partition coefficient (Wildman–Crippen LogP) is 3.53. The van der Waals surface area contributed by atoms with E-state index in [1.165, 1.54) is 6.33 Å². The molecule has 0 amide bonds. The minimum atomic E-state index is -3.69. The molecule has 3 rings (SSSR count). The highest BCUT2D eigenvalue weighted by Gasteiger charge is 2.39. The van der Waals surface area contributed by atoms with Gasteiger partial charge >= 0.3 is 11.9 Å². The number of nitrogens with one attached hydrogen (secondary N) is 2. The number of imidazole rings is 1. The van der Waals surface area contributed by atoms with Gasteiger partial charge in [-0.2, -0.15) is 0 Å². The van der Waals surface area contributed by atoms with Crippen LogP contribution in [0.1, 0.15) is 79.6 Å². The monoisotopic (exact) mass is 581 g/mol. The van der Waals surface area contributed by atoms with E-state index in [4.69, 9.17) is 19.9 Å². The molecule has 0 saturated heterocycles. The van der Waals surface area contributed by atoms with Crippen LogP contribution in [0, 0.1) is 0 Å². The summed E-state index contributed by atoms with van der Waals surface area (Å²) in [4.78, 5) is 38.1. The van der Waals surface area contributed by atoms with E-state index in [2.05, 4.69) is 32.1 Å². The van der Waals surface area contributed by atoms with Crippen molar-refractivity contribution in [1.82, 2.24) is 29.7 Å². The molecule has 1 aliphatic carbocycles. The summed E-state index contributed by atoms with van der Waals surface area (Å²) in [6.07, 6.45) is 8.46. The van der Waals surface area contributed by atoms with Gasteiger partial charge in [0, 0.05) is 0 Å². The summed E-state index contributed by atoms with van der Waals surface area (Å²) in [6, 6.07) is -0.897. The number of carbonyl (C=O) groups is 2. The lowest BCUT2D eigenvalue weighted by Crippen LogP contribution is -2.50. The van der Waals surface area contributed by atoms with Crippen LogP contribution in [0.15, 0.2) is 12.7 Å². The van der Waals surface area contributed by atoms with Crippen molar-refractivity contribution in [2.75, 3.05) is 18.7 Å². The SMILES string of the molecule is CCCCCOC(=O)C(C)(C)NP(=O)(CO[C@H](C)Cn1cnc2c(N)ncnc21)N[C@H](C)C(=O)OC1CCCC1. The third kappa shape index (κ3) is 8.95. The summed E-state index contributed by atoms with van der Waals surface area (Å²) in [7, 11) is -3.69. The molecule has 1 fully saturated rings. The Labute approximate surface area is 235 Å². The maximum Gasteiger partial charge on any atom is 0.326 e. The summed E-state index contributed by atoms with van der Waals surface area (Å²) < 4.78 is 33.0. The van der Waals surface area contributed by atoms with Crippen LogP contribution in [0.2, 0.25) is 0 Å². The van der Waals surface area contributed by atoms with E-state index in [1.54, 1.807) is 31.7 Å². The number of ether oxygens (including phenoxy) is 3. The topological polar surface area (TPSA) is 173 Å². The molecule has 224 valence electrons. The second-order valence-electron chi connectivity index (χ2n) is 10.9. The Morgan fingerprint density at radius 3 is 2.62 bits per heavy atom. The van der Waals surface area contributed by atoms with Crippen LogP contribution in [0.25, 0.3) is 11.2 Å².